The molecule has 1 amide bonds. The van der Waals surface area contributed by atoms with E-state index in [4.69, 9.17) is 35.4 Å². The highest BCUT2D eigenvalue weighted by Crippen LogP contribution is 2.25. The Hall–Kier alpha value is -1.21. The van der Waals surface area contributed by atoms with Crippen molar-refractivity contribution in [2.45, 2.75) is 6.92 Å². The van der Waals surface area contributed by atoms with Crippen LogP contribution in [0.15, 0.2) is 34.8 Å². The average Bonchev–Trinajstić information content (AvgIpc) is 2.45. The number of hydrogen-bond donors (Lipinski definition) is 2. The van der Waals surface area contributed by atoms with Gasteiger partial charge in [-0.15, -0.1) is 0 Å². The number of aryl methyl sites for hydroxylation is 1. The van der Waals surface area contributed by atoms with Crippen LogP contribution in [-0.2, 0) is 0 Å². The van der Waals surface area contributed by atoms with Gasteiger partial charge in [0.05, 0.1) is 21.3 Å². The average molecular weight is 419 g/mol. The highest BCUT2D eigenvalue weighted by molar-refractivity contribution is 9.10. The fourth-order valence-corrected chi connectivity index (χ4v) is 2.42. The Kier molecular flexibility index (Phi) is 5.74. The first-order valence-corrected chi connectivity index (χ1v) is 8.03. The summed E-state index contributed by atoms with van der Waals surface area (Å²) < 4.78 is 0.888. The minimum Gasteiger partial charge on any atom is -0.317 e. The maximum atomic E-state index is 12.1. The summed E-state index contributed by atoms with van der Waals surface area (Å²) in [4.78, 5) is 16.4. The van der Waals surface area contributed by atoms with Gasteiger partial charge < -0.3 is 5.32 Å². The second-order valence-corrected chi connectivity index (χ2v) is 6.32. The number of nitrogens with zero attached hydrogens (tertiary/aromatic N) is 1. The standard InChI is InChI=1S/C14H10BrCl2N3OS/c1-7-9(15)5-6-11(18-7)19-14(22)20-13(21)8-3-2-4-10(16)12(8)17/h2-6H,1H3,(H2,18,19,20,21,22). The van der Waals surface area contributed by atoms with Crippen LogP contribution in [0.1, 0.15) is 16.1 Å². The molecule has 8 heteroatoms. The Bertz CT molecular complexity index is 755. The van der Waals surface area contributed by atoms with Gasteiger partial charge in [0.1, 0.15) is 5.82 Å². The number of thiocarbonyl (C=S) groups is 1. The van der Waals surface area contributed by atoms with Crippen molar-refractivity contribution < 1.29 is 4.79 Å². The number of carbonyl (C=O) groups is 1. The Morgan fingerprint density at radius 3 is 2.68 bits per heavy atom. The fourth-order valence-electron chi connectivity index (χ4n) is 1.61. The first-order chi connectivity index (χ1) is 10.4. The smallest absolute Gasteiger partial charge is 0.258 e. The molecule has 0 aliphatic heterocycles. The van der Waals surface area contributed by atoms with Crippen molar-refractivity contribution in [1.82, 2.24) is 10.3 Å². The van der Waals surface area contributed by atoms with Crippen molar-refractivity contribution >= 4 is 68.2 Å². The van der Waals surface area contributed by atoms with Crippen molar-refractivity contribution in [2.75, 3.05) is 5.32 Å². The summed E-state index contributed by atoms with van der Waals surface area (Å²) in [5, 5.41) is 5.98. The molecule has 0 atom stereocenters. The molecule has 2 rings (SSSR count). The Balaban J connectivity index is 2.07. The van der Waals surface area contributed by atoms with E-state index in [1.165, 1.54) is 0 Å². The van der Waals surface area contributed by atoms with E-state index in [0.717, 1.165) is 10.2 Å². The lowest BCUT2D eigenvalue weighted by Gasteiger charge is -2.11. The van der Waals surface area contributed by atoms with E-state index in [1.54, 1.807) is 24.3 Å². The van der Waals surface area contributed by atoms with Crippen LogP contribution in [0.4, 0.5) is 5.82 Å². The number of hydrogen-bond acceptors (Lipinski definition) is 3. The maximum Gasteiger partial charge on any atom is 0.258 e. The lowest BCUT2D eigenvalue weighted by molar-refractivity contribution is 0.0978. The summed E-state index contributed by atoms with van der Waals surface area (Å²) in [5.74, 6) is 0.0852. The van der Waals surface area contributed by atoms with Gasteiger partial charge in [-0.2, -0.15) is 0 Å². The second-order valence-electron chi connectivity index (χ2n) is 4.27. The zero-order chi connectivity index (χ0) is 16.3. The van der Waals surface area contributed by atoms with E-state index >= 15 is 0 Å². The molecule has 114 valence electrons. The van der Waals surface area contributed by atoms with E-state index in [1.807, 2.05) is 13.0 Å². The molecular formula is C14H10BrCl2N3OS. The van der Waals surface area contributed by atoms with Gasteiger partial charge in [0, 0.05) is 4.47 Å². The zero-order valence-corrected chi connectivity index (χ0v) is 15.2. The first kappa shape index (κ1) is 17.1. The highest BCUT2D eigenvalue weighted by Gasteiger charge is 2.14. The summed E-state index contributed by atoms with van der Waals surface area (Å²) in [6, 6.07) is 8.38. The minimum atomic E-state index is -0.446. The van der Waals surface area contributed by atoms with Crippen LogP contribution >= 0.6 is 51.3 Å². The van der Waals surface area contributed by atoms with Crippen molar-refractivity contribution in [1.29, 1.82) is 0 Å². The van der Waals surface area contributed by atoms with Gasteiger partial charge in [-0.1, -0.05) is 29.3 Å². The first-order valence-electron chi connectivity index (χ1n) is 6.08. The van der Waals surface area contributed by atoms with Gasteiger partial charge in [0.2, 0.25) is 0 Å². The summed E-state index contributed by atoms with van der Waals surface area (Å²) in [7, 11) is 0. The zero-order valence-electron chi connectivity index (χ0n) is 11.3. The molecule has 0 aliphatic carbocycles. The molecule has 0 saturated carbocycles. The van der Waals surface area contributed by atoms with E-state index in [2.05, 4.69) is 31.5 Å². The summed E-state index contributed by atoms with van der Waals surface area (Å²) in [5.41, 5.74) is 1.05. The monoisotopic (exact) mass is 417 g/mol. The third kappa shape index (κ3) is 4.16. The molecule has 0 bridgehead atoms. The maximum absolute atomic E-state index is 12.1. The molecule has 2 N–H and O–H groups in total. The Labute approximate surface area is 151 Å². The van der Waals surface area contributed by atoms with Gasteiger partial charge in [-0.05, 0) is 59.3 Å². The van der Waals surface area contributed by atoms with Crippen molar-refractivity contribution in [3.63, 3.8) is 0 Å². The summed E-state index contributed by atoms with van der Waals surface area (Å²) in [6.45, 7) is 1.85. The Morgan fingerprint density at radius 1 is 1.27 bits per heavy atom. The topological polar surface area (TPSA) is 54.0 Å². The highest BCUT2D eigenvalue weighted by atomic mass is 79.9. The number of amides is 1. The number of aromatic nitrogens is 1. The van der Waals surface area contributed by atoms with Crippen molar-refractivity contribution in [3.05, 3.63) is 56.1 Å². The molecule has 1 aromatic heterocycles. The summed E-state index contributed by atoms with van der Waals surface area (Å²) in [6.07, 6.45) is 0. The third-order valence-corrected chi connectivity index (χ3v) is 4.55. The summed E-state index contributed by atoms with van der Waals surface area (Å²) >= 11 is 20.3. The van der Waals surface area contributed by atoms with Crippen molar-refractivity contribution in [2.24, 2.45) is 0 Å². The molecule has 22 heavy (non-hydrogen) atoms. The lowest BCUT2D eigenvalue weighted by atomic mass is 10.2. The number of nitrogens with one attached hydrogen (secondary N) is 2. The second kappa shape index (κ2) is 7.37. The number of anilines is 1. The SMILES string of the molecule is Cc1nc(NC(=S)NC(=O)c2cccc(Cl)c2Cl)ccc1Br. The molecule has 0 aliphatic rings. The fraction of sp³-hybridized carbons (Fsp3) is 0.0714. The van der Waals surface area contributed by atoms with Gasteiger partial charge >= 0.3 is 0 Å². The molecule has 0 fully saturated rings. The van der Waals surface area contributed by atoms with Gasteiger partial charge in [0.15, 0.2) is 5.11 Å². The number of carbonyl (C=O) groups excluding carboxylic acids is 1. The quantitative estimate of drug-likeness (QED) is 0.700. The third-order valence-electron chi connectivity index (χ3n) is 2.69. The molecule has 1 aromatic carbocycles. The van der Waals surface area contributed by atoms with Crippen LogP contribution in [0.3, 0.4) is 0 Å². The van der Waals surface area contributed by atoms with E-state index in [0.29, 0.717) is 10.8 Å². The number of benzene rings is 1. The number of pyridine rings is 1. The van der Waals surface area contributed by atoms with Gasteiger partial charge in [-0.25, -0.2) is 4.98 Å². The van der Waals surface area contributed by atoms with Crippen molar-refractivity contribution in [3.8, 4) is 0 Å². The number of rotatable bonds is 2. The molecule has 0 saturated heterocycles. The van der Waals surface area contributed by atoms with Gasteiger partial charge in [-0.3, -0.25) is 10.1 Å². The van der Waals surface area contributed by atoms with Crippen LogP contribution in [0.25, 0.3) is 0 Å². The molecule has 2 aromatic rings. The molecular weight excluding hydrogens is 409 g/mol. The minimum absolute atomic E-state index is 0.121. The molecule has 1 heterocycles. The molecule has 4 nitrogen and oxygen atoms in total. The van der Waals surface area contributed by atoms with Crippen LogP contribution in [0.5, 0.6) is 0 Å². The Morgan fingerprint density at radius 2 is 2.00 bits per heavy atom. The lowest BCUT2D eigenvalue weighted by Crippen LogP contribution is -2.34. The van der Waals surface area contributed by atoms with E-state index in [9.17, 15) is 4.79 Å². The van der Waals surface area contributed by atoms with Crippen LogP contribution in [0, 0.1) is 6.92 Å². The molecule has 0 unspecified atom stereocenters. The largest absolute Gasteiger partial charge is 0.317 e. The van der Waals surface area contributed by atoms with Gasteiger partial charge in [0.25, 0.3) is 5.91 Å². The van der Waals surface area contributed by atoms with E-state index < -0.39 is 5.91 Å². The predicted octanol–water partition coefficient (Wildman–Crippen LogP) is 4.59. The molecule has 0 radical (unpaired) electrons. The van der Waals surface area contributed by atoms with E-state index in [-0.39, 0.29) is 15.7 Å². The predicted molar refractivity (Wildman–Crippen MR) is 96.8 cm³/mol. The van der Waals surface area contributed by atoms with Crippen LogP contribution in [0.2, 0.25) is 10.0 Å². The molecule has 0 spiro atoms. The number of halogens is 3. The van der Waals surface area contributed by atoms with Crippen LogP contribution in [-0.4, -0.2) is 16.0 Å². The normalized spacial score (nSPS) is 10.2. The van der Waals surface area contributed by atoms with Crippen LogP contribution < -0.4 is 10.6 Å².